The summed E-state index contributed by atoms with van der Waals surface area (Å²) in [5, 5.41) is 0.742. The average molecular weight is 193 g/mol. The molecular weight excluding hydrogens is 184 g/mol. The zero-order chi connectivity index (χ0) is 7.07. The molecule has 0 amide bonds. The third-order valence-corrected chi connectivity index (χ3v) is 2.31. The largest absolute Gasteiger partial charge is 0.460 e. The Hall–Kier alpha value is -0.0500. The van der Waals surface area contributed by atoms with Gasteiger partial charge in [0.05, 0.1) is 0 Å². The molecule has 2 nitrogen and oxygen atoms in total. The van der Waals surface area contributed by atoms with Crippen LogP contribution in [-0.4, -0.2) is 17.4 Å². The van der Waals surface area contributed by atoms with Crippen molar-refractivity contribution in [3.8, 4) is 0 Å². The molecule has 0 radical (unpaired) electrons. The van der Waals surface area contributed by atoms with E-state index in [9.17, 15) is 4.79 Å². The fourth-order valence-electron chi connectivity index (χ4n) is 0.726. The van der Waals surface area contributed by atoms with E-state index in [1.807, 2.05) is 13.8 Å². The highest BCUT2D eigenvalue weighted by molar-refractivity contribution is 9.09. The summed E-state index contributed by atoms with van der Waals surface area (Å²) < 4.78 is 4.82. The maximum atomic E-state index is 10.7. The van der Waals surface area contributed by atoms with Crippen LogP contribution in [0.2, 0.25) is 0 Å². The number of carbonyl (C=O) groups is 1. The standard InChI is InChI=1S/C6H9BrO2/c1-6(2)4(3-7)9-5(6)8/h4H,3H2,1-2H3. The number of esters is 1. The average Bonchev–Trinajstić information content (AvgIpc) is 1.82. The first-order valence-electron chi connectivity index (χ1n) is 2.86. The number of halogens is 1. The van der Waals surface area contributed by atoms with E-state index in [4.69, 9.17) is 4.74 Å². The van der Waals surface area contributed by atoms with Crippen LogP contribution in [0.4, 0.5) is 0 Å². The third-order valence-electron chi connectivity index (χ3n) is 1.72. The lowest BCUT2D eigenvalue weighted by Crippen LogP contribution is -2.53. The summed E-state index contributed by atoms with van der Waals surface area (Å²) in [5.74, 6) is -0.0908. The van der Waals surface area contributed by atoms with Crippen LogP contribution in [0.5, 0.6) is 0 Å². The number of cyclic esters (lactones) is 1. The molecular formula is C6H9BrO2. The second-order valence-electron chi connectivity index (χ2n) is 2.77. The van der Waals surface area contributed by atoms with Crippen molar-refractivity contribution in [1.29, 1.82) is 0 Å². The van der Waals surface area contributed by atoms with Gasteiger partial charge in [-0.1, -0.05) is 15.9 Å². The minimum absolute atomic E-state index is 0.0741. The molecule has 1 atom stereocenters. The summed E-state index contributed by atoms with van der Waals surface area (Å²) in [7, 11) is 0. The summed E-state index contributed by atoms with van der Waals surface area (Å²) in [6.07, 6.45) is 0.0741. The summed E-state index contributed by atoms with van der Waals surface area (Å²) in [5.41, 5.74) is -0.260. The number of alkyl halides is 1. The van der Waals surface area contributed by atoms with E-state index in [2.05, 4.69) is 15.9 Å². The molecule has 1 fully saturated rings. The quantitative estimate of drug-likeness (QED) is 0.463. The van der Waals surface area contributed by atoms with Crippen molar-refractivity contribution in [3.63, 3.8) is 0 Å². The number of rotatable bonds is 1. The molecule has 0 N–H and O–H groups in total. The van der Waals surface area contributed by atoms with Crippen molar-refractivity contribution in [2.75, 3.05) is 5.33 Å². The molecule has 3 heteroatoms. The Morgan fingerprint density at radius 3 is 2.44 bits per heavy atom. The molecule has 0 aromatic carbocycles. The van der Waals surface area contributed by atoms with Gasteiger partial charge in [-0.05, 0) is 13.8 Å². The van der Waals surface area contributed by atoms with Crippen molar-refractivity contribution < 1.29 is 9.53 Å². The lowest BCUT2D eigenvalue weighted by molar-refractivity contribution is -0.196. The first kappa shape index (κ1) is 7.06. The van der Waals surface area contributed by atoms with Gasteiger partial charge in [0, 0.05) is 5.33 Å². The number of hydrogen-bond acceptors (Lipinski definition) is 2. The lowest BCUT2D eigenvalue weighted by atomic mass is 9.83. The van der Waals surface area contributed by atoms with Crippen molar-refractivity contribution in [2.45, 2.75) is 20.0 Å². The van der Waals surface area contributed by atoms with Gasteiger partial charge in [-0.15, -0.1) is 0 Å². The normalized spacial score (nSPS) is 31.0. The SMILES string of the molecule is CC1(C)C(=O)OC1CBr. The Morgan fingerprint density at radius 1 is 1.78 bits per heavy atom. The highest BCUT2D eigenvalue weighted by atomic mass is 79.9. The maximum Gasteiger partial charge on any atom is 0.315 e. The van der Waals surface area contributed by atoms with Crippen LogP contribution >= 0.6 is 15.9 Å². The Labute approximate surface area is 62.7 Å². The summed E-state index contributed by atoms with van der Waals surface area (Å²) >= 11 is 3.25. The van der Waals surface area contributed by atoms with Gasteiger partial charge in [-0.3, -0.25) is 4.79 Å². The molecule has 0 saturated carbocycles. The molecule has 1 heterocycles. The second-order valence-corrected chi connectivity index (χ2v) is 3.42. The molecule has 1 saturated heterocycles. The van der Waals surface area contributed by atoms with Crippen molar-refractivity contribution in [2.24, 2.45) is 5.41 Å². The van der Waals surface area contributed by atoms with E-state index in [-0.39, 0.29) is 17.5 Å². The second kappa shape index (κ2) is 1.97. The van der Waals surface area contributed by atoms with Gasteiger partial charge in [-0.25, -0.2) is 0 Å². The van der Waals surface area contributed by atoms with Crippen LogP contribution in [0, 0.1) is 5.41 Å². The van der Waals surface area contributed by atoms with Crippen LogP contribution in [0.25, 0.3) is 0 Å². The molecule has 0 spiro atoms. The monoisotopic (exact) mass is 192 g/mol. The Kier molecular flexibility index (Phi) is 1.55. The van der Waals surface area contributed by atoms with Gasteiger partial charge in [0.2, 0.25) is 0 Å². The minimum Gasteiger partial charge on any atom is -0.460 e. The fraction of sp³-hybridized carbons (Fsp3) is 0.833. The summed E-state index contributed by atoms with van der Waals surface area (Å²) in [6, 6.07) is 0. The van der Waals surface area contributed by atoms with Gasteiger partial charge >= 0.3 is 5.97 Å². The Bertz CT molecular complexity index is 142. The van der Waals surface area contributed by atoms with E-state index in [0.29, 0.717) is 0 Å². The molecule has 52 valence electrons. The molecule has 0 aromatic heterocycles. The van der Waals surface area contributed by atoms with Crippen molar-refractivity contribution in [3.05, 3.63) is 0 Å². The number of hydrogen-bond donors (Lipinski definition) is 0. The maximum absolute atomic E-state index is 10.7. The molecule has 0 bridgehead atoms. The molecule has 0 aromatic rings. The van der Waals surface area contributed by atoms with Crippen molar-refractivity contribution in [1.82, 2.24) is 0 Å². The predicted molar refractivity (Wildman–Crippen MR) is 37.5 cm³/mol. The van der Waals surface area contributed by atoms with E-state index < -0.39 is 0 Å². The molecule has 0 aliphatic carbocycles. The Balaban J connectivity index is 2.58. The smallest absolute Gasteiger partial charge is 0.315 e. The highest BCUT2D eigenvalue weighted by Gasteiger charge is 2.49. The first-order valence-corrected chi connectivity index (χ1v) is 3.98. The van der Waals surface area contributed by atoms with Crippen LogP contribution in [0.15, 0.2) is 0 Å². The van der Waals surface area contributed by atoms with E-state index >= 15 is 0 Å². The highest BCUT2D eigenvalue weighted by Crippen LogP contribution is 2.36. The van der Waals surface area contributed by atoms with Crippen LogP contribution < -0.4 is 0 Å². The van der Waals surface area contributed by atoms with Gasteiger partial charge in [0.1, 0.15) is 11.5 Å². The molecule has 1 aliphatic heterocycles. The van der Waals surface area contributed by atoms with Gasteiger partial charge in [-0.2, -0.15) is 0 Å². The molecule has 1 rings (SSSR count). The minimum atomic E-state index is -0.260. The zero-order valence-electron chi connectivity index (χ0n) is 5.48. The van der Waals surface area contributed by atoms with Crippen LogP contribution in [0.3, 0.4) is 0 Å². The lowest BCUT2D eigenvalue weighted by Gasteiger charge is -2.40. The first-order chi connectivity index (χ1) is 4.09. The van der Waals surface area contributed by atoms with Gasteiger partial charge in [0.15, 0.2) is 0 Å². The molecule has 1 unspecified atom stereocenters. The van der Waals surface area contributed by atoms with E-state index in [1.54, 1.807) is 0 Å². The van der Waals surface area contributed by atoms with Gasteiger partial charge < -0.3 is 4.74 Å². The molecule has 9 heavy (non-hydrogen) atoms. The number of ether oxygens (including phenoxy) is 1. The van der Waals surface area contributed by atoms with Gasteiger partial charge in [0.25, 0.3) is 0 Å². The van der Waals surface area contributed by atoms with Crippen LogP contribution in [0.1, 0.15) is 13.8 Å². The summed E-state index contributed by atoms with van der Waals surface area (Å²) in [6.45, 7) is 3.79. The van der Waals surface area contributed by atoms with Crippen LogP contribution in [-0.2, 0) is 9.53 Å². The van der Waals surface area contributed by atoms with E-state index in [1.165, 1.54) is 0 Å². The topological polar surface area (TPSA) is 26.3 Å². The molecule has 1 aliphatic rings. The third kappa shape index (κ3) is 0.874. The zero-order valence-corrected chi connectivity index (χ0v) is 7.06. The Morgan fingerprint density at radius 2 is 2.33 bits per heavy atom. The summed E-state index contributed by atoms with van der Waals surface area (Å²) in [4.78, 5) is 10.7. The van der Waals surface area contributed by atoms with Crippen molar-refractivity contribution >= 4 is 21.9 Å². The van der Waals surface area contributed by atoms with E-state index in [0.717, 1.165) is 5.33 Å². The number of carbonyl (C=O) groups excluding carboxylic acids is 1. The predicted octanol–water partition coefficient (Wildman–Crippen LogP) is 1.33. The fourth-order valence-corrected chi connectivity index (χ4v) is 1.67.